The van der Waals surface area contributed by atoms with Crippen molar-refractivity contribution in [1.29, 1.82) is 0 Å². The number of benzene rings is 1. The molecule has 0 heterocycles. The van der Waals surface area contributed by atoms with Crippen molar-refractivity contribution in [3.63, 3.8) is 0 Å². The Morgan fingerprint density at radius 3 is 2.14 bits per heavy atom. The van der Waals surface area contributed by atoms with Crippen LogP contribution in [0, 0.1) is 13.8 Å². The van der Waals surface area contributed by atoms with E-state index in [1.54, 1.807) is 6.08 Å². The number of aliphatic hydroxyl groups is 6. The van der Waals surface area contributed by atoms with Crippen LogP contribution in [0.2, 0.25) is 0 Å². The molecule has 0 amide bonds. The van der Waals surface area contributed by atoms with Crippen LogP contribution in [0.4, 0.5) is 0 Å². The largest absolute Gasteiger partial charge is 0.394 e. The minimum absolute atomic E-state index is 0.764. The summed E-state index contributed by atoms with van der Waals surface area (Å²) in [6.45, 7) is 3.11. The van der Waals surface area contributed by atoms with E-state index >= 15 is 0 Å². The average molecular weight is 312 g/mol. The van der Waals surface area contributed by atoms with E-state index in [2.05, 4.69) is 0 Å². The van der Waals surface area contributed by atoms with Gasteiger partial charge < -0.3 is 30.6 Å². The molecule has 1 unspecified atom stereocenters. The Morgan fingerprint density at radius 1 is 0.955 bits per heavy atom. The monoisotopic (exact) mass is 312 g/mol. The Bertz CT molecular complexity index is 501. The van der Waals surface area contributed by atoms with Crippen LogP contribution < -0.4 is 0 Å². The molecule has 6 heteroatoms. The molecule has 0 saturated carbocycles. The maximum atomic E-state index is 9.85. The Morgan fingerprint density at radius 2 is 1.59 bits per heavy atom. The highest BCUT2D eigenvalue weighted by molar-refractivity contribution is 5.54. The molecule has 5 atom stereocenters. The summed E-state index contributed by atoms with van der Waals surface area (Å²) in [6.07, 6.45) is -5.38. The molecule has 1 rings (SSSR count). The van der Waals surface area contributed by atoms with Crippen LogP contribution >= 0.6 is 0 Å². The Balaban J connectivity index is 2.74. The van der Waals surface area contributed by atoms with Gasteiger partial charge in [-0.25, -0.2) is 0 Å². The zero-order chi connectivity index (χ0) is 16.9. The van der Waals surface area contributed by atoms with Gasteiger partial charge in [-0.05, 0) is 25.0 Å². The molecule has 0 aliphatic heterocycles. The molecule has 0 aliphatic rings. The van der Waals surface area contributed by atoms with Crippen molar-refractivity contribution in [3.05, 3.63) is 41.0 Å². The molecule has 1 aromatic carbocycles. The fourth-order valence-electron chi connectivity index (χ4n) is 2.07. The normalized spacial score (nSPS) is 18.9. The molecule has 0 radical (unpaired) electrons. The van der Waals surface area contributed by atoms with Crippen LogP contribution in [-0.4, -0.2) is 67.8 Å². The summed E-state index contributed by atoms with van der Waals surface area (Å²) in [5.74, 6) is 0. The molecular formula is C16H24O6. The van der Waals surface area contributed by atoms with E-state index in [1.807, 2.05) is 32.0 Å². The second-order valence-electron chi connectivity index (χ2n) is 5.43. The first-order valence-corrected chi connectivity index (χ1v) is 7.04. The third kappa shape index (κ3) is 4.88. The third-order valence-corrected chi connectivity index (χ3v) is 3.53. The Kier molecular flexibility index (Phi) is 7.15. The van der Waals surface area contributed by atoms with Gasteiger partial charge in [-0.1, -0.05) is 35.9 Å². The lowest BCUT2D eigenvalue weighted by Crippen LogP contribution is -2.49. The maximum absolute atomic E-state index is 9.85. The molecule has 0 aromatic heterocycles. The number of aryl methyl sites for hydroxylation is 2. The van der Waals surface area contributed by atoms with Crippen LogP contribution in [-0.2, 0) is 0 Å². The van der Waals surface area contributed by atoms with Gasteiger partial charge in [-0.3, -0.25) is 0 Å². The number of hydrogen-bond acceptors (Lipinski definition) is 6. The van der Waals surface area contributed by atoms with Crippen LogP contribution in [0.3, 0.4) is 0 Å². The second kappa shape index (κ2) is 8.38. The first-order valence-electron chi connectivity index (χ1n) is 7.04. The topological polar surface area (TPSA) is 121 Å². The van der Waals surface area contributed by atoms with E-state index < -0.39 is 37.1 Å². The minimum atomic E-state index is -1.79. The fraction of sp³-hybridized carbons (Fsp3) is 0.500. The van der Waals surface area contributed by atoms with Gasteiger partial charge >= 0.3 is 0 Å². The average Bonchev–Trinajstić information content (AvgIpc) is 2.50. The highest BCUT2D eigenvalue weighted by Gasteiger charge is 2.33. The quantitative estimate of drug-likeness (QED) is 0.389. The number of rotatable bonds is 7. The maximum Gasteiger partial charge on any atom is 0.112 e. The summed E-state index contributed by atoms with van der Waals surface area (Å²) in [7, 11) is 0. The van der Waals surface area contributed by atoms with Crippen molar-refractivity contribution < 1.29 is 30.6 Å². The van der Waals surface area contributed by atoms with E-state index in [0.29, 0.717) is 0 Å². The molecule has 22 heavy (non-hydrogen) atoms. The van der Waals surface area contributed by atoms with Gasteiger partial charge in [0, 0.05) is 0 Å². The summed E-state index contributed by atoms with van der Waals surface area (Å²) >= 11 is 0. The molecule has 1 aromatic rings. The highest BCUT2D eigenvalue weighted by atomic mass is 16.4. The van der Waals surface area contributed by atoms with E-state index in [9.17, 15) is 25.5 Å². The van der Waals surface area contributed by atoms with Crippen LogP contribution in [0.25, 0.3) is 6.08 Å². The molecular weight excluding hydrogens is 288 g/mol. The van der Waals surface area contributed by atoms with E-state index in [1.165, 1.54) is 6.08 Å². The lowest BCUT2D eigenvalue weighted by molar-refractivity contribution is -0.133. The van der Waals surface area contributed by atoms with Gasteiger partial charge in [0.25, 0.3) is 0 Å². The SMILES string of the molecule is Cc1ccc(/C=C/C(O)[C@@H](O)[C@@H](O)[C@H](O)[C@@H](O)CO)c(C)c1. The van der Waals surface area contributed by atoms with Crippen molar-refractivity contribution in [2.75, 3.05) is 6.61 Å². The zero-order valence-electron chi connectivity index (χ0n) is 12.7. The summed E-state index contributed by atoms with van der Waals surface area (Å²) in [6, 6.07) is 5.74. The first kappa shape index (κ1) is 18.8. The minimum Gasteiger partial charge on any atom is -0.394 e. The van der Waals surface area contributed by atoms with Crippen LogP contribution in [0.15, 0.2) is 24.3 Å². The van der Waals surface area contributed by atoms with Gasteiger partial charge in [0.1, 0.15) is 30.5 Å². The smallest absolute Gasteiger partial charge is 0.112 e. The van der Waals surface area contributed by atoms with Gasteiger partial charge in [-0.2, -0.15) is 0 Å². The van der Waals surface area contributed by atoms with Crippen molar-refractivity contribution >= 4 is 6.08 Å². The highest BCUT2D eigenvalue weighted by Crippen LogP contribution is 2.14. The summed E-state index contributed by atoms with van der Waals surface area (Å²) < 4.78 is 0. The number of aliphatic hydroxyl groups excluding tert-OH is 6. The van der Waals surface area contributed by atoms with Crippen molar-refractivity contribution in [1.82, 2.24) is 0 Å². The lowest BCUT2D eigenvalue weighted by atomic mass is 9.98. The molecule has 6 N–H and O–H groups in total. The first-order chi connectivity index (χ1) is 10.3. The fourth-order valence-corrected chi connectivity index (χ4v) is 2.07. The lowest BCUT2D eigenvalue weighted by Gasteiger charge is -2.27. The van der Waals surface area contributed by atoms with Gasteiger partial charge in [0.2, 0.25) is 0 Å². The van der Waals surface area contributed by atoms with Crippen LogP contribution in [0.5, 0.6) is 0 Å². The van der Waals surface area contributed by atoms with Crippen molar-refractivity contribution in [2.45, 2.75) is 44.4 Å². The molecule has 0 saturated heterocycles. The molecule has 0 bridgehead atoms. The Hall–Kier alpha value is -1.28. The predicted molar refractivity (Wildman–Crippen MR) is 82.1 cm³/mol. The molecule has 0 spiro atoms. The van der Waals surface area contributed by atoms with Gasteiger partial charge in [-0.15, -0.1) is 0 Å². The van der Waals surface area contributed by atoms with Gasteiger partial charge in [0.15, 0.2) is 0 Å². The van der Waals surface area contributed by atoms with E-state index in [-0.39, 0.29) is 0 Å². The van der Waals surface area contributed by atoms with Gasteiger partial charge in [0.05, 0.1) is 6.61 Å². The summed E-state index contributed by atoms with van der Waals surface area (Å²) in [5.41, 5.74) is 2.95. The summed E-state index contributed by atoms with van der Waals surface area (Å²) in [4.78, 5) is 0. The van der Waals surface area contributed by atoms with Crippen LogP contribution in [0.1, 0.15) is 16.7 Å². The van der Waals surface area contributed by atoms with Crippen molar-refractivity contribution in [2.24, 2.45) is 0 Å². The Labute approximate surface area is 129 Å². The second-order valence-corrected chi connectivity index (χ2v) is 5.43. The van der Waals surface area contributed by atoms with Crippen molar-refractivity contribution in [3.8, 4) is 0 Å². The standard InChI is InChI=1S/C16H24O6/c1-9-3-4-11(10(2)7-9)5-6-12(18)14(20)16(22)15(21)13(19)8-17/h3-7,12-22H,8H2,1-2H3/b6-5+/t12?,13-,14+,15+,16+/m0/s1. The predicted octanol–water partition coefficient (Wildman–Crippen LogP) is -0.887. The molecule has 0 aliphatic carbocycles. The number of hydrogen-bond donors (Lipinski definition) is 6. The molecule has 124 valence electrons. The third-order valence-electron chi connectivity index (χ3n) is 3.53. The summed E-state index contributed by atoms with van der Waals surface area (Å²) in [5, 5.41) is 56.8. The van der Waals surface area contributed by atoms with E-state index in [0.717, 1.165) is 16.7 Å². The molecule has 6 nitrogen and oxygen atoms in total. The van der Waals surface area contributed by atoms with E-state index in [4.69, 9.17) is 5.11 Å². The zero-order valence-corrected chi connectivity index (χ0v) is 12.7. The molecule has 0 fully saturated rings.